The van der Waals surface area contributed by atoms with Gasteiger partial charge in [-0.15, -0.1) is 0 Å². The number of ether oxygens (including phenoxy) is 1. The second-order valence-corrected chi connectivity index (χ2v) is 7.22. The number of hydrogen-bond donors (Lipinski definition) is 1. The average Bonchev–Trinajstić information content (AvgIpc) is 2.33. The minimum absolute atomic E-state index is 0.0669. The molecule has 0 radical (unpaired) electrons. The fourth-order valence-electron chi connectivity index (χ4n) is 1.30. The molecule has 1 aromatic rings. The molecular formula is C11H13ClINO4S. The van der Waals surface area contributed by atoms with Crippen molar-refractivity contribution in [2.45, 2.75) is 12.8 Å². The van der Waals surface area contributed by atoms with Crippen LogP contribution in [0.4, 0.5) is 5.69 Å². The van der Waals surface area contributed by atoms with Crippen LogP contribution in [0, 0.1) is 3.57 Å². The highest BCUT2D eigenvalue weighted by Gasteiger charge is 2.13. The molecule has 5 nitrogen and oxygen atoms in total. The SMILES string of the molecule is COC(=O)CCCS(=O)(=O)Nc1cc(I)ccc1Cl. The smallest absolute Gasteiger partial charge is 0.305 e. The van der Waals surface area contributed by atoms with Gasteiger partial charge in [-0.1, -0.05) is 11.6 Å². The fraction of sp³-hybridized carbons (Fsp3) is 0.364. The fourth-order valence-corrected chi connectivity index (χ4v) is 3.15. The molecule has 0 heterocycles. The lowest BCUT2D eigenvalue weighted by Crippen LogP contribution is -2.18. The van der Waals surface area contributed by atoms with Crippen molar-refractivity contribution in [3.63, 3.8) is 0 Å². The van der Waals surface area contributed by atoms with Crippen LogP contribution in [-0.2, 0) is 19.6 Å². The van der Waals surface area contributed by atoms with Gasteiger partial charge in [0.25, 0.3) is 0 Å². The van der Waals surface area contributed by atoms with Gasteiger partial charge < -0.3 is 4.74 Å². The van der Waals surface area contributed by atoms with Crippen molar-refractivity contribution in [2.24, 2.45) is 0 Å². The molecule has 19 heavy (non-hydrogen) atoms. The normalized spacial score (nSPS) is 11.1. The predicted octanol–water partition coefficient (Wildman–Crippen LogP) is 2.64. The van der Waals surface area contributed by atoms with Gasteiger partial charge in [-0.25, -0.2) is 8.42 Å². The molecule has 8 heteroatoms. The summed E-state index contributed by atoms with van der Waals surface area (Å²) in [7, 11) is -2.26. The maximum Gasteiger partial charge on any atom is 0.305 e. The van der Waals surface area contributed by atoms with E-state index in [4.69, 9.17) is 11.6 Å². The predicted molar refractivity (Wildman–Crippen MR) is 82.8 cm³/mol. The van der Waals surface area contributed by atoms with Gasteiger partial charge in [0.05, 0.1) is 23.6 Å². The van der Waals surface area contributed by atoms with Crippen LogP contribution in [0.15, 0.2) is 18.2 Å². The summed E-state index contributed by atoms with van der Waals surface area (Å²) in [4.78, 5) is 10.9. The minimum atomic E-state index is -3.52. The molecule has 0 aliphatic carbocycles. The number of sulfonamides is 1. The third-order valence-electron chi connectivity index (χ3n) is 2.22. The first kappa shape index (κ1) is 16.5. The highest BCUT2D eigenvalue weighted by atomic mass is 127. The van der Waals surface area contributed by atoms with E-state index < -0.39 is 16.0 Å². The minimum Gasteiger partial charge on any atom is -0.469 e. The van der Waals surface area contributed by atoms with E-state index in [0.717, 1.165) is 3.57 Å². The van der Waals surface area contributed by atoms with Crippen LogP contribution in [-0.4, -0.2) is 27.2 Å². The molecule has 0 bridgehead atoms. The van der Waals surface area contributed by atoms with Crippen LogP contribution in [0.3, 0.4) is 0 Å². The highest BCUT2D eigenvalue weighted by molar-refractivity contribution is 14.1. The molecular weight excluding hydrogens is 405 g/mol. The molecule has 0 fully saturated rings. The van der Waals surface area contributed by atoms with Crippen molar-refractivity contribution in [2.75, 3.05) is 17.6 Å². The summed E-state index contributed by atoms with van der Waals surface area (Å²) in [5.74, 6) is -0.591. The summed E-state index contributed by atoms with van der Waals surface area (Å²) in [5.41, 5.74) is 0.339. The zero-order valence-electron chi connectivity index (χ0n) is 10.2. The number of esters is 1. The third-order valence-corrected chi connectivity index (χ3v) is 4.57. The van der Waals surface area contributed by atoms with Crippen molar-refractivity contribution in [3.8, 4) is 0 Å². The standard InChI is InChI=1S/C11H13ClINO4S/c1-18-11(15)3-2-6-19(16,17)14-10-7-8(13)4-5-9(10)12/h4-5,7,14H,2-3,6H2,1H3. The molecule has 0 aliphatic rings. The lowest BCUT2D eigenvalue weighted by Gasteiger charge is -2.09. The van der Waals surface area contributed by atoms with Gasteiger partial charge in [-0.2, -0.15) is 0 Å². The van der Waals surface area contributed by atoms with E-state index in [9.17, 15) is 13.2 Å². The number of rotatable bonds is 6. The Labute approximate surface area is 130 Å². The Morgan fingerprint density at radius 2 is 2.16 bits per heavy atom. The summed E-state index contributed by atoms with van der Waals surface area (Å²) in [6, 6.07) is 5.04. The van der Waals surface area contributed by atoms with E-state index in [0.29, 0.717) is 10.7 Å². The third kappa shape index (κ3) is 5.96. The largest absolute Gasteiger partial charge is 0.469 e. The molecule has 1 aromatic carbocycles. The first-order chi connectivity index (χ1) is 8.84. The number of carbonyl (C=O) groups excluding carboxylic acids is 1. The molecule has 0 aliphatic heterocycles. The van der Waals surface area contributed by atoms with E-state index in [2.05, 4.69) is 32.0 Å². The van der Waals surface area contributed by atoms with Crippen LogP contribution < -0.4 is 4.72 Å². The van der Waals surface area contributed by atoms with E-state index in [1.807, 2.05) is 0 Å². The highest BCUT2D eigenvalue weighted by Crippen LogP contribution is 2.25. The Bertz CT molecular complexity index is 562. The zero-order valence-corrected chi connectivity index (χ0v) is 13.9. The number of halogens is 2. The van der Waals surface area contributed by atoms with Gasteiger partial charge in [0.15, 0.2) is 0 Å². The monoisotopic (exact) mass is 417 g/mol. The number of benzene rings is 1. The number of methoxy groups -OCH3 is 1. The second kappa shape index (κ2) is 7.30. The number of carbonyl (C=O) groups is 1. The molecule has 1 N–H and O–H groups in total. The van der Waals surface area contributed by atoms with Crippen molar-refractivity contribution in [1.29, 1.82) is 0 Å². The van der Waals surface area contributed by atoms with Gasteiger partial charge >= 0.3 is 5.97 Å². The van der Waals surface area contributed by atoms with Gasteiger partial charge in [0.2, 0.25) is 10.0 Å². The molecule has 0 spiro atoms. The summed E-state index contributed by atoms with van der Waals surface area (Å²) in [5, 5.41) is 0.331. The zero-order chi connectivity index (χ0) is 14.5. The van der Waals surface area contributed by atoms with E-state index in [1.165, 1.54) is 7.11 Å². The quantitative estimate of drug-likeness (QED) is 0.570. The van der Waals surface area contributed by atoms with Gasteiger partial charge in [0.1, 0.15) is 0 Å². The molecule has 0 atom stereocenters. The molecule has 106 valence electrons. The Balaban J connectivity index is 2.64. The van der Waals surface area contributed by atoms with Crippen molar-refractivity contribution in [1.82, 2.24) is 0 Å². The molecule has 0 aromatic heterocycles. The van der Waals surface area contributed by atoms with E-state index >= 15 is 0 Å². The molecule has 0 unspecified atom stereocenters. The van der Waals surface area contributed by atoms with E-state index in [-0.39, 0.29) is 18.6 Å². The maximum absolute atomic E-state index is 11.8. The van der Waals surface area contributed by atoms with Gasteiger partial charge in [-0.05, 0) is 47.2 Å². The lowest BCUT2D eigenvalue weighted by atomic mass is 10.3. The summed E-state index contributed by atoms with van der Waals surface area (Å²) in [6.45, 7) is 0. The van der Waals surface area contributed by atoms with E-state index in [1.54, 1.807) is 18.2 Å². The average molecular weight is 418 g/mol. The van der Waals surface area contributed by atoms with Crippen molar-refractivity contribution >= 4 is 55.9 Å². The van der Waals surface area contributed by atoms with Crippen molar-refractivity contribution < 1.29 is 17.9 Å². The maximum atomic E-state index is 11.8. The first-order valence-electron chi connectivity index (χ1n) is 5.36. The summed E-state index contributed by atoms with van der Waals surface area (Å²) in [6.07, 6.45) is 0.265. The summed E-state index contributed by atoms with van der Waals surface area (Å²) < 4.78 is 31.3. The van der Waals surface area contributed by atoms with Crippen LogP contribution >= 0.6 is 34.2 Å². The second-order valence-electron chi connectivity index (χ2n) is 3.72. The van der Waals surface area contributed by atoms with Gasteiger partial charge in [-0.3, -0.25) is 9.52 Å². The summed E-state index contributed by atoms with van der Waals surface area (Å²) >= 11 is 7.97. The molecule has 0 saturated carbocycles. The number of anilines is 1. The Morgan fingerprint density at radius 1 is 1.47 bits per heavy atom. The Kier molecular flexibility index (Phi) is 6.34. The Hall–Kier alpha value is -0.540. The van der Waals surface area contributed by atoms with Crippen LogP contribution in [0.25, 0.3) is 0 Å². The molecule has 0 saturated heterocycles. The number of nitrogens with one attached hydrogen (secondary N) is 1. The van der Waals surface area contributed by atoms with Crippen LogP contribution in [0.1, 0.15) is 12.8 Å². The first-order valence-corrected chi connectivity index (χ1v) is 8.47. The number of hydrogen-bond acceptors (Lipinski definition) is 4. The molecule has 0 amide bonds. The van der Waals surface area contributed by atoms with Crippen LogP contribution in [0.2, 0.25) is 5.02 Å². The lowest BCUT2D eigenvalue weighted by molar-refractivity contribution is -0.140. The van der Waals surface area contributed by atoms with Gasteiger partial charge in [0, 0.05) is 9.99 Å². The molecule has 1 rings (SSSR count). The van der Waals surface area contributed by atoms with Crippen LogP contribution in [0.5, 0.6) is 0 Å². The Morgan fingerprint density at radius 3 is 2.79 bits per heavy atom. The topological polar surface area (TPSA) is 72.5 Å². The van der Waals surface area contributed by atoms with Crippen molar-refractivity contribution in [3.05, 3.63) is 26.8 Å².